The van der Waals surface area contributed by atoms with E-state index in [1.165, 1.54) is 18.3 Å². The average Bonchev–Trinajstić information content (AvgIpc) is 2.94. The van der Waals surface area contributed by atoms with Gasteiger partial charge >= 0.3 is 12.1 Å². The van der Waals surface area contributed by atoms with Gasteiger partial charge in [-0.25, -0.2) is 4.68 Å². The second kappa shape index (κ2) is 5.50. The average molecular weight is 341 g/mol. The molecule has 9 heteroatoms. The number of nitrogens with zero attached hydrogens (tertiary/aromatic N) is 3. The van der Waals surface area contributed by atoms with Crippen molar-refractivity contribution in [2.24, 2.45) is 0 Å². The van der Waals surface area contributed by atoms with Gasteiger partial charge < -0.3 is 9.84 Å². The molecule has 3 rings (SSSR count). The lowest BCUT2D eigenvalue weighted by Gasteiger charge is -2.35. The molecule has 0 bridgehead atoms. The Labute approximate surface area is 134 Å². The minimum absolute atomic E-state index is 0.127. The van der Waals surface area contributed by atoms with E-state index in [0.717, 1.165) is 24.3 Å². The van der Waals surface area contributed by atoms with Crippen molar-refractivity contribution in [2.45, 2.75) is 30.9 Å². The minimum atomic E-state index is -4.58. The number of ether oxygens (including phenoxy) is 1. The van der Waals surface area contributed by atoms with E-state index in [9.17, 15) is 23.1 Å². The highest BCUT2D eigenvalue weighted by molar-refractivity contribution is 5.81. The number of carboxylic acids is 1. The Kier molecular flexibility index (Phi) is 3.73. The van der Waals surface area contributed by atoms with Gasteiger partial charge in [0.2, 0.25) is 0 Å². The molecular weight excluding hydrogens is 327 g/mol. The molecule has 1 aliphatic rings. The van der Waals surface area contributed by atoms with Crippen molar-refractivity contribution in [2.75, 3.05) is 7.11 Å². The van der Waals surface area contributed by atoms with Gasteiger partial charge in [-0.05, 0) is 31.0 Å². The van der Waals surface area contributed by atoms with Crippen LogP contribution in [0.2, 0.25) is 0 Å². The van der Waals surface area contributed by atoms with E-state index in [1.54, 1.807) is 0 Å². The van der Waals surface area contributed by atoms with Crippen LogP contribution in [0.4, 0.5) is 13.2 Å². The van der Waals surface area contributed by atoms with Crippen molar-refractivity contribution in [3.63, 3.8) is 0 Å². The van der Waals surface area contributed by atoms with Crippen molar-refractivity contribution in [1.29, 1.82) is 0 Å². The molecule has 0 saturated heterocycles. The van der Waals surface area contributed by atoms with E-state index in [0.29, 0.717) is 12.8 Å². The number of aliphatic carboxylic acids is 1. The lowest BCUT2D eigenvalue weighted by molar-refractivity contribution is -0.147. The molecule has 6 nitrogen and oxygen atoms in total. The van der Waals surface area contributed by atoms with Crippen LogP contribution in [0.15, 0.2) is 24.4 Å². The highest BCUT2D eigenvalue weighted by Crippen LogP contribution is 2.43. The van der Waals surface area contributed by atoms with Gasteiger partial charge in [0.05, 0.1) is 24.6 Å². The molecule has 0 radical (unpaired) electrons. The summed E-state index contributed by atoms with van der Waals surface area (Å²) in [5, 5.41) is 17.0. The lowest BCUT2D eigenvalue weighted by Crippen LogP contribution is -2.42. The molecule has 0 amide bonds. The number of carbonyl (C=O) groups is 1. The third-order valence-electron chi connectivity index (χ3n) is 4.35. The summed E-state index contributed by atoms with van der Waals surface area (Å²) in [7, 11) is 1.16. The highest BCUT2D eigenvalue weighted by atomic mass is 19.4. The molecule has 1 saturated carbocycles. The fourth-order valence-corrected chi connectivity index (χ4v) is 2.78. The summed E-state index contributed by atoms with van der Waals surface area (Å²) in [4.78, 5) is 11.5. The largest absolute Gasteiger partial charge is 0.496 e. The standard InChI is InChI=1S/C15H14F3N3O3/c1-24-11-4-3-9(7-10(11)15(16,17)18)21-8-12(19-20-21)14(13(22)23)5-2-6-14/h3-4,7-8H,2,5-6H2,1H3,(H,22,23). The number of alkyl halides is 3. The molecular formula is C15H14F3N3O3. The van der Waals surface area contributed by atoms with Gasteiger partial charge in [0.15, 0.2) is 0 Å². The molecule has 1 N–H and O–H groups in total. The van der Waals surface area contributed by atoms with E-state index in [4.69, 9.17) is 4.74 Å². The summed E-state index contributed by atoms with van der Waals surface area (Å²) in [6.45, 7) is 0. The number of benzene rings is 1. The Morgan fingerprint density at radius 2 is 2.08 bits per heavy atom. The van der Waals surface area contributed by atoms with Crippen LogP contribution in [0, 0.1) is 0 Å². The number of rotatable bonds is 4. The third-order valence-corrected chi connectivity index (χ3v) is 4.35. The van der Waals surface area contributed by atoms with E-state index < -0.39 is 23.1 Å². The molecule has 1 aromatic carbocycles. The summed E-state index contributed by atoms with van der Waals surface area (Å²) in [6.07, 6.45) is -1.56. The van der Waals surface area contributed by atoms with Gasteiger partial charge in [0.1, 0.15) is 16.9 Å². The summed E-state index contributed by atoms with van der Waals surface area (Å²) in [5.74, 6) is -1.29. The number of hydrogen-bond acceptors (Lipinski definition) is 4. The first-order chi connectivity index (χ1) is 11.3. The topological polar surface area (TPSA) is 77.2 Å². The van der Waals surface area contributed by atoms with Gasteiger partial charge in [-0.15, -0.1) is 5.10 Å². The van der Waals surface area contributed by atoms with Gasteiger partial charge in [-0.3, -0.25) is 4.79 Å². The first-order valence-corrected chi connectivity index (χ1v) is 7.20. The van der Waals surface area contributed by atoms with E-state index in [1.807, 2.05) is 0 Å². The maximum absolute atomic E-state index is 13.1. The molecule has 1 aliphatic carbocycles. The minimum Gasteiger partial charge on any atom is -0.496 e. The Balaban J connectivity index is 2.01. The normalized spacial score (nSPS) is 16.5. The zero-order chi connectivity index (χ0) is 17.5. The predicted octanol–water partition coefficient (Wildman–Crippen LogP) is 2.80. The Morgan fingerprint density at radius 1 is 1.38 bits per heavy atom. The van der Waals surface area contributed by atoms with Crippen LogP contribution in [0.1, 0.15) is 30.5 Å². The molecule has 1 heterocycles. The second-order valence-corrected chi connectivity index (χ2v) is 5.67. The van der Waals surface area contributed by atoms with Crippen molar-refractivity contribution in [3.05, 3.63) is 35.7 Å². The zero-order valence-electron chi connectivity index (χ0n) is 12.7. The maximum Gasteiger partial charge on any atom is 0.420 e. The van der Waals surface area contributed by atoms with Crippen molar-refractivity contribution >= 4 is 5.97 Å². The number of aromatic nitrogens is 3. The van der Waals surface area contributed by atoms with Crippen LogP contribution in [-0.4, -0.2) is 33.2 Å². The van der Waals surface area contributed by atoms with Gasteiger partial charge in [0, 0.05) is 0 Å². The smallest absolute Gasteiger partial charge is 0.420 e. The van der Waals surface area contributed by atoms with Crippen molar-refractivity contribution < 1.29 is 27.8 Å². The highest BCUT2D eigenvalue weighted by Gasteiger charge is 2.48. The predicted molar refractivity (Wildman–Crippen MR) is 76.1 cm³/mol. The fraction of sp³-hybridized carbons (Fsp3) is 0.400. The maximum atomic E-state index is 13.1. The number of carboxylic acid groups (broad SMARTS) is 1. The number of methoxy groups -OCH3 is 1. The molecule has 0 unspecified atom stereocenters. The van der Waals surface area contributed by atoms with Gasteiger partial charge in [0.25, 0.3) is 0 Å². The number of halogens is 3. The third kappa shape index (κ3) is 2.49. The molecule has 24 heavy (non-hydrogen) atoms. The van der Waals surface area contributed by atoms with Crippen molar-refractivity contribution in [1.82, 2.24) is 15.0 Å². The molecule has 2 aromatic rings. The van der Waals surface area contributed by atoms with E-state index in [2.05, 4.69) is 10.3 Å². The first-order valence-electron chi connectivity index (χ1n) is 7.20. The van der Waals surface area contributed by atoms with Crippen LogP contribution < -0.4 is 4.74 Å². The Hall–Kier alpha value is -2.58. The Morgan fingerprint density at radius 3 is 2.58 bits per heavy atom. The first kappa shape index (κ1) is 16.3. The van der Waals surface area contributed by atoms with Crippen LogP contribution >= 0.6 is 0 Å². The quantitative estimate of drug-likeness (QED) is 0.925. The molecule has 128 valence electrons. The lowest BCUT2D eigenvalue weighted by atomic mass is 9.67. The fourth-order valence-electron chi connectivity index (χ4n) is 2.78. The Bertz CT molecular complexity index is 782. The summed E-state index contributed by atoms with van der Waals surface area (Å²) in [6, 6.07) is 3.49. The summed E-state index contributed by atoms with van der Waals surface area (Å²) < 4.78 is 45.2. The molecule has 0 aliphatic heterocycles. The van der Waals surface area contributed by atoms with Gasteiger partial charge in [-0.1, -0.05) is 11.6 Å². The molecule has 1 aromatic heterocycles. The molecule has 1 fully saturated rings. The van der Waals surface area contributed by atoms with Crippen LogP contribution in [0.25, 0.3) is 5.69 Å². The summed E-state index contributed by atoms with van der Waals surface area (Å²) >= 11 is 0. The van der Waals surface area contributed by atoms with Crippen molar-refractivity contribution in [3.8, 4) is 11.4 Å². The van der Waals surface area contributed by atoms with Gasteiger partial charge in [-0.2, -0.15) is 13.2 Å². The van der Waals surface area contributed by atoms with Crippen LogP contribution in [0.3, 0.4) is 0 Å². The second-order valence-electron chi connectivity index (χ2n) is 5.67. The van der Waals surface area contributed by atoms with E-state index in [-0.39, 0.29) is 17.1 Å². The molecule has 0 atom stereocenters. The SMILES string of the molecule is COc1ccc(-n2cc(C3(C(=O)O)CCC3)nn2)cc1C(F)(F)F. The van der Waals surface area contributed by atoms with Crippen LogP contribution in [0.5, 0.6) is 5.75 Å². The van der Waals surface area contributed by atoms with Crippen LogP contribution in [-0.2, 0) is 16.4 Å². The zero-order valence-corrected chi connectivity index (χ0v) is 12.7. The number of hydrogen-bond donors (Lipinski definition) is 1. The monoisotopic (exact) mass is 341 g/mol. The van der Waals surface area contributed by atoms with E-state index >= 15 is 0 Å². The summed E-state index contributed by atoms with van der Waals surface area (Å²) in [5.41, 5.74) is -1.64. The molecule has 0 spiro atoms.